The molecule has 1 aliphatic rings. The van der Waals surface area contributed by atoms with Crippen LogP contribution in [0, 0.1) is 0 Å². The maximum atomic E-state index is 8.52. The molecule has 0 aromatic carbocycles. The fraction of sp³-hybridized carbons (Fsp3) is 1.00. The number of rotatable bonds is 1. The van der Waals surface area contributed by atoms with E-state index in [0.29, 0.717) is 0 Å². The van der Waals surface area contributed by atoms with E-state index < -0.39 is 0 Å². The van der Waals surface area contributed by atoms with Crippen LogP contribution in [0.4, 0.5) is 0 Å². The smallest absolute Gasteiger partial charge is 0.0906 e. The van der Waals surface area contributed by atoms with Crippen molar-refractivity contribution in [2.24, 2.45) is 0 Å². The van der Waals surface area contributed by atoms with Crippen LogP contribution in [0.3, 0.4) is 0 Å². The minimum Gasteiger partial charge on any atom is -0.393 e. The van der Waals surface area contributed by atoms with E-state index in [1.807, 2.05) is 6.92 Å². The minimum absolute atomic E-state index is 0.160. The summed E-state index contributed by atoms with van der Waals surface area (Å²) in [5.74, 6) is 0. The summed E-state index contributed by atoms with van der Waals surface area (Å²) in [4.78, 5) is 0. The molecule has 0 amide bonds. The Bertz CT molecular complexity index is 61.0. The van der Waals surface area contributed by atoms with Gasteiger partial charge in [0, 0.05) is 6.42 Å². The molecule has 0 unspecified atom stereocenters. The second kappa shape index (κ2) is 1.46. The van der Waals surface area contributed by atoms with E-state index in [1.54, 1.807) is 0 Å². The molecule has 1 atom stereocenters. The molecule has 1 heterocycles. The first-order valence-electron chi connectivity index (χ1n) is 2.52. The standard InChI is InChI=1S/C5H10O2/c1-5(4-6)2-3-7-5/h6H,2-4H2,1H3/t5-/m0/s1. The predicted molar refractivity (Wildman–Crippen MR) is 26.1 cm³/mol. The quantitative estimate of drug-likeness (QED) is 0.511. The molecule has 0 aromatic rings. The first-order chi connectivity index (χ1) is 3.27. The Morgan fingerprint density at radius 2 is 2.43 bits per heavy atom. The Labute approximate surface area is 43.1 Å². The molecule has 0 bridgehead atoms. The van der Waals surface area contributed by atoms with Gasteiger partial charge in [-0.3, -0.25) is 0 Å². The maximum Gasteiger partial charge on any atom is 0.0906 e. The molecule has 7 heavy (non-hydrogen) atoms. The summed E-state index contributed by atoms with van der Waals surface area (Å²) in [6, 6.07) is 0. The SMILES string of the molecule is C[C@@]1(CO)CCO1. The molecule has 0 saturated carbocycles. The lowest BCUT2D eigenvalue weighted by molar-refractivity contribution is -0.157. The maximum absolute atomic E-state index is 8.52. The van der Waals surface area contributed by atoms with Crippen molar-refractivity contribution in [3.63, 3.8) is 0 Å². The van der Waals surface area contributed by atoms with Gasteiger partial charge in [-0.15, -0.1) is 0 Å². The second-order valence-electron chi connectivity index (χ2n) is 2.21. The third-order valence-electron chi connectivity index (χ3n) is 1.42. The molecule has 1 N–H and O–H groups in total. The van der Waals surface area contributed by atoms with E-state index in [4.69, 9.17) is 9.84 Å². The molecule has 0 radical (unpaired) electrons. The van der Waals surface area contributed by atoms with Crippen molar-refractivity contribution in [2.45, 2.75) is 18.9 Å². The molecule has 2 heteroatoms. The molecule has 1 saturated heterocycles. The van der Waals surface area contributed by atoms with Gasteiger partial charge in [0.2, 0.25) is 0 Å². The van der Waals surface area contributed by atoms with Crippen LogP contribution in [0.2, 0.25) is 0 Å². The zero-order valence-electron chi connectivity index (χ0n) is 4.48. The zero-order chi connectivity index (χ0) is 5.33. The summed E-state index contributed by atoms with van der Waals surface area (Å²) in [5, 5.41) is 8.52. The average Bonchev–Trinajstić information content (AvgIpc) is 1.61. The van der Waals surface area contributed by atoms with Crippen molar-refractivity contribution in [1.82, 2.24) is 0 Å². The molecular weight excluding hydrogens is 92.1 g/mol. The highest BCUT2D eigenvalue weighted by Gasteiger charge is 2.31. The summed E-state index contributed by atoms with van der Waals surface area (Å²) in [5.41, 5.74) is -0.181. The Hall–Kier alpha value is -0.0800. The largest absolute Gasteiger partial charge is 0.393 e. The number of ether oxygens (including phenoxy) is 1. The van der Waals surface area contributed by atoms with Crippen LogP contribution in [-0.4, -0.2) is 23.9 Å². The lowest BCUT2D eigenvalue weighted by Gasteiger charge is -2.36. The van der Waals surface area contributed by atoms with E-state index in [2.05, 4.69) is 0 Å². The summed E-state index contributed by atoms with van der Waals surface area (Å²) < 4.78 is 5.02. The first-order valence-corrected chi connectivity index (χ1v) is 2.52. The van der Waals surface area contributed by atoms with Gasteiger partial charge in [-0.2, -0.15) is 0 Å². The molecule has 2 nitrogen and oxygen atoms in total. The summed E-state index contributed by atoms with van der Waals surface area (Å²) in [7, 11) is 0. The van der Waals surface area contributed by atoms with Gasteiger partial charge in [0.25, 0.3) is 0 Å². The second-order valence-corrected chi connectivity index (χ2v) is 2.21. The van der Waals surface area contributed by atoms with E-state index in [9.17, 15) is 0 Å². The van der Waals surface area contributed by atoms with Gasteiger partial charge in [0.1, 0.15) is 0 Å². The van der Waals surface area contributed by atoms with Crippen LogP contribution in [0.15, 0.2) is 0 Å². The van der Waals surface area contributed by atoms with Crippen molar-refractivity contribution in [3.05, 3.63) is 0 Å². The van der Waals surface area contributed by atoms with Gasteiger partial charge in [-0.25, -0.2) is 0 Å². The summed E-state index contributed by atoms with van der Waals surface area (Å²) >= 11 is 0. The Balaban J connectivity index is 2.29. The van der Waals surface area contributed by atoms with Crippen LogP contribution in [-0.2, 0) is 4.74 Å². The molecule has 1 rings (SSSR count). The molecule has 0 aliphatic carbocycles. The van der Waals surface area contributed by atoms with E-state index in [1.165, 1.54) is 0 Å². The fourth-order valence-corrected chi connectivity index (χ4v) is 0.575. The molecule has 42 valence electrons. The number of aliphatic hydroxyl groups excluding tert-OH is 1. The van der Waals surface area contributed by atoms with Crippen LogP contribution in [0.5, 0.6) is 0 Å². The lowest BCUT2D eigenvalue weighted by atomic mass is 9.99. The monoisotopic (exact) mass is 102 g/mol. The summed E-state index contributed by atoms with van der Waals surface area (Å²) in [6.45, 7) is 2.89. The van der Waals surface area contributed by atoms with Crippen molar-refractivity contribution in [3.8, 4) is 0 Å². The summed E-state index contributed by atoms with van der Waals surface area (Å²) in [6.07, 6.45) is 1.00. The van der Waals surface area contributed by atoms with Crippen LogP contribution >= 0.6 is 0 Å². The Morgan fingerprint density at radius 1 is 1.86 bits per heavy atom. The predicted octanol–water partition coefficient (Wildman–Crippen LogP) is 0.158. The van der Waals surface area contributed by atoms with Crippen molar-refractivity contribution in [2.75, 3.05) is 13.2 Å². The molecule has 0 spiro atoms. The van der Waals surface area contributed by atoms with Crippen molar-refractivity contribution >= 4 is 0 Å². The normalized spacial score (nSPS) is 40.3. The van der Waals surface area contributed by atoms with Gasteiger partial charge in [0.05, 0.1) is 18.8 Å². The highest BCUT2D eigenvalue weighted by atomic mass is 16.5. The number of hydrogen-bond donors (Lipinski definition) is 1. The highest BCUT2D eigenvalue weighted by Crippen LogP contribution is 2.23. The Morgan fingerprint density at radius 3 is 2.43 bits per heavy atom. The highest BCUT2D eigenvalue weighted by molar-refractivity contribution is 4.80. The molecular formula is C5H10O2. The fourth-order valence-electron chi connectivity index (χ4n) is 0.575. The third-order valence-corrected chi connectivity index (χ3v) is 1.42. The van der Waals surface area contributed by atoms with Crippen LogP contribution < -0.4 is 0 Å². The van der Waals surface area contributed by atoms with E-state index >= 15 is 0 Å². The van der Waals surface area contributed by atoms with Gasteiger partial charge >= 0.3 is 0 Å². The van der Waals surface area contributed by atoms with E-state index in [0.717, 1.165) is 13.0 Å². The van der Waals surface area contributed by atoms with Gasteiger partial charge in [-0.05, 0) is 6.92 Å². The van der Waals surface area contributed by atoms with Crippen LogP contribution in [0.25, 0.3) is 0 Å². The van der Waals surface area contributed by atoms with Gasteiger partial charge < -0.3 is 9.84 Å². The van der Waals surface area contributed by atoms with Gasteiger partial charge in [-0.1, -0.05) is 0 Å². The number of hydrogen-bond acceptors (Lipinski definition) is 2. The van der Waals surface area contributed by atoms with Crippen molar-refractivity contribution < 1.29 is 9.84 Å². The molecule has 1 aliphatic heterocycles. The number of aliphatic hydroxyl groups is 1. The zero-order valence-corrected chi connectivity index (χ0v) is 4.48. The van der Waals surface area contributed by atoms with Crippen molar-refractivity contribution in [1.29, 1.82) is 0 Å². The minimum atomic E-state index is -0.181. The Kier molecular flexibility index (Phi) is 1.05. The molecule has 0 aromatic heterocycles. The van der Waals surface area contributed by atoms with E-state index in [-0.39, 0.29) is 12.2 Å². The topological polar surface area (TPSA) is 29.5 Å². The third kappa shape index (κ3) is 0.763. The lowest BCUT2D eigenvalue weighted by Crippen LogP contribution is -2.43. The first kappa shape index (κ1) is 5.06. The average molecular weight is 102 g/mol. The van der Waals surface area contributed by atoms with Crippen LogP contribution in [0.1, 0.15) is 13.3 Å². The van der Waals surface area contributed by atoms with Gasteiger partial charge in [0.15, 0.2) is 0 Å². The molecule has 1 fully saturated rings.